The van der Waals surface area contributed by atoms with Gasteiger partial charge < -0.3 is 5.32 Å². The largest absolute Gasteiger partial charge is 0.316 e. The van der Waals surface area contributed by atoms with Crippen LogP contribution in [0.4, 0.5) is 4.39 Å². The van der Waals surface area contributed by atoms with Crippen molar-refractivity contribution in [3.05, 3.63) is 39.7 Å². The lowest BCUT2D eigenvalue weighted by molar-refractivity contribution is 0.470. The highest BCUT2D eigenvalue weighted by molar-refractivity contribution is 6.28. The third kappa shape index (κ3) is 2.35. The van der Waals surface area contributed by atoms with Crippen molar-refractivity contribution in [2.45, 2.75) is 13.0 Å². The first kappa shape index (κ1) is 12.6. The molecule has 0 bridgehead atoms. The van der Waals surface area contributed by atoms with E-state index in [1.54, 1.807) is 0 Å². The zero-order valence-corrected chi connectivity index (χ0v) is 11.0. The van der Waals surface area contributed by atoms with Crippen LogP contribution >= 0.6 is 11.6 Å². The Morgan fingerprint density at radius 1 is 1.53 bits per heavy atom. The molecule has 2 heterocycles. The maximum absolute atomic E-state index is 13.2. The van der Waals surface area contributed by atoms with Crippen LogP contribution in [-0.4, -0.2) is 22.6 Å². The first-order chi connectivity index (χ1) is 9.15. The van der Waals surface area contributed by atoms with Crippen LogP contribution in [0.15, 0.2) is 23.0 Å². The van der Waals surface area contributed by atoms with E-state index in [0.29, 0.717) is 18.0 Å². The SMILES string of the molecule is O=c1c2cc(F)ccc2nc(Cl)n1CC1CCNC1. The summed E-state index contributed by atoms with van der Waals surface area (Å²) in [4.78, 5) is 16.5. The predicted molar refractivity (Wildman–Crippen MR) is 71.9 cm³/mol. The van der Waals surface area contributed by atoms with Crippen molar-refractivity contribution in [2.24, 2.45) is 5.92 Å². The van der Waals surface area contributed by atoms with Crippen LogP contribution in [0.25, 0.3) is 10.9 Å². The Hall–Kier alpha value is -1.46. The third-order valence-electron chi connectivity index (χ3n) is 3.47. The van der Waals surface area contributed by atoms with Crippen molar-refractivity contribution in [3.63, 3.8) is 0 Å². The van der Waals surface area contributed by atoms with Crippen molar-refractivity contribution in [1.82, 2.24) is 14.9 Å². The number of fused-ring (bicyclic) bond motifs is 1. The Labute approximate surface area is 114 Å². The van der Waals surface area contributed by atoms with Crippen LogP contribution in [0.1, 0.15) is 6.42 Å². The third-order valence-corrected chi connectivity index (χ3v) is 3.76. The van der Waals surface area contributed by atoms with Crippen LogP contribution < -0.4 is 10.9 Å². The second-order valence-corrected chi connectivity index (χ2v) is 5.15. The highest BCUT2D eigenvalue weighted by Gasteiger charge is 2.18. The van der Waals surface area contributed by atoms with E-state index in [4.69, 9.17) is 11.6 Å². The van der Waals surface area contributed by atoms with Gasteiger partial charge in [0, 0.05) is 6.54 Å². The lowest BCUT2D eigenvalue weighted by Gasteiger charge is -2.13. The molecule has 4 nitrogen and oxygen atoms in total. The molecule has 0 saturated carbocycles. The minimum atomic E-state index is -0.442. The Morgan fingerprint density at radius 2 is 2.37 bits per heavy atom. The van der Waals surface area contributed by atoms with Gasteiger partial charge in [-0.1, -0.05) is 0 Å². The minimum Gasteiger partial charge on any atom is -0.316 e. The average Bonchev–Trinajstić information content (AvgIpc) is 2.89. The van der Waals surface area contributed by atoms with Gasteiger partial charge in [-0.05, 0) is 55.2 Å². The number of hydrogen-bond donors (Lipinski definition) is 1. The molecule has 1 atom stereocenters. The number of aromatic nitrogens is 2. The molecule has 1 N–H and O–H groups in total. The van der Waals surface area contributed by atoms with Crippen LogP contribution in [0, 0.1) is 11.7 Å². The summed E-state index contributed by atoms with van der Waals surface area (Å²) in [7, 11) is 0. The van der Waals surface area contributed by atoms with Gasteiger partial charge in [0.05, 0.1) is 10.9 Å². The molecule has 2 aromatic rings. The van der Waals surface area contributed by atoms with Gasteiger partial charge in [-0.3, -0.25) is 9.36 Å². The maximum Gasteiger partial charge on any atom is 0.262 e. The number of nitrogens with one attached hydrogen (secondary N) is 1. The van der Waals surface area contributed by atoms with E-state index in [2.05, 4.69) is 10.3 Å². The van der Waals surface area contributed by atoms with Gasteiger partial charge in [-0.25, -0.2) is 9.37 Å². The van der Waals surface area contributed by atoms with Crippen LogP contribution in [-0.2, 0) is 6.54 Å². The van der Waals surface area contributed by atoms with E-state index in [1.807, 2.05) is 0 Å². The van der Waals surface area contributed by atoms with Gasteiger partial charge in [0.25, 0.3) is 5.56 Å². The van der Waals surface area contributed by atoms with Crippen LogP contribution in [0.5, 0.6) is 0 Å². The Kier molecular flexibility index (Phi) is 3.24. The van der Waals surface area contributed by atoms with E-state index in [1.165, 1.54) is 22.8 Å². The summed E-state index contributed by atoms with van der Waals surface area (Å²) >= 11 is 6.06. The van der Waals surface area contributed by atoms with E-state index < -0.39 is 5.82 Å². The topological polar surface area (TPSA) is 46.9 Å². The summed E-state index contributed by atoms with van der Waals surface area (Å²) < 4.78 is 14.7. The first-order valence-corrected chi connectivity index (χ1v) is 6.59. The van der Waals surface area contributed by atoms with Crippen molar-refractivity contribution in [3.8, 4) is 0 Å². The summed E-state index contributed by atoms with van der Waals surface area (Å²) in [6.07, 6.45) is 1.00. The summed E-state index contributed by atoms with van der Waals surface area (Å²) in [6, 6.07) is 3.96. The fourth-order valence-corrected chi connectivity index (χ4v) is 2.69. The van der Waals surface area contributed by atoms with E-state index in [-0.39, 0.29) is 16.2 Å². The molecule has 1 aliphatic heterocycles. The summed E-state index contributed by atoms with van der Waals surface area (Å²) in [5, 5.41) is 3.68. The molecule has 0 amide bonds. The zero-order chi connectivity index (χ0) is 13.4. The molecule has 1 aliphatic rings. The van der Waals surface area contributed by atoms with Crippen molar-refractivity contribution in [1.29, 1.82) is 0 Å². The Bertz CT molecular complexity index is 679. The number of rotatable bonds is 2. The van der Waals surface area contributed by atoms with E-state index in [9.17, 15) is 9.18 Å². The van der Waals surface area contributed by atoms with Crippen LogP contribution in [0.3, 0.4) is 0 Å². The van der Waals surface area contributed by atoms with Gasteiger partial charge in [0.2, 0.25) is 5.28 Å². The summed E-state index contributed by atoms with van der Waals surface area (Å²) in [5.41, 5.74) is 0.151. The highest BCUT2D eigenvalue weighted by atomic mass is 35.5. The maximum atomic E-state index is 13.2. The van der Waals surface area contributed by atoms with Gasteiger partial charge >= 0.3 is 0 Å². The van der Waals surface area contributed by atoms with E-state index in [0.717, 1.165) is 19.5 Å². The summed E-state index contributed by atoms with van der Waals surface area (Å²) in [6.45, 7) is 2.33. The van der Waals surface area contributed by atoms with Gasteiger partial charge in [0.15, 0.2) is 0 Å². The fraction of sp³-hybridized carbons (Fsp3) is 0.385. The molecule has 100 valence electrons. The molecule has 1 unspecified atom stereocenters. The minimum absolute atomic E-state index is 0.163. The van der Waals surface area contributed by atoms with Crippen molar-refractivity contribution in [2.75, 3.05) is 13.1 Å². The Morgan fingerprint density at radius 3 is 3.11 bits per heavy atom. The number of nitrogens with zero attached hydrogens (tertiary/aromatic N) is 2. The second-order valence-electron chi connectivity index (χ2n) is 4.82. The molecule has 0 radical (unpaired) electrons. The summed E-state index contributed by atoms with van der Waals surface area (Å²) in [5.74, 6) is -0.0779. The quantitative estimate of drug-likeness (QED) is 0.854. The predicted octanol–water partition coefficient (Wildman–Crippen LogP) is 1.80. The van der Waals surface area contributed by atoms with Crippen molar-refractivity contribution < 1.29 is 4.39 Å². The fourth-order valence-electron chi connectivity index (χ4n) is 2.45. The number of hydrogen-bond acceptors (Lipinski definition) is 3. The second kappa shape index (κ2) is 4.90. The normalized spacial score (nSPS) is 19.2. The Balaban J connectivity index is 2.10. The average molecular weight is 282 g/mol. The van der Waals surface area contributed by atoms with Gasteiger partial charge in [-0.2, -0.15) is 0 Å². The standard InChI is InChI=1S/C13H13ClFN3O/c14-13-17-11-2-1-9(15)5-10(11)12(19)18(13)7-8-3-4-16-6-8/h1-2,5,8,16H,3-4,6-7H2. The lowest BCUT2D eigenvalue weighted by Crippen LogP contribution is -2.26. The molecular formula is C13H13ClFN3O. The van der Waals surface area contributed by atoms with E-state index >= 15 is 0 Å². The molecule has 1 aromatic carbocycles. The molecule has 6 heteroatoms. The molecule has 0 aliphatic carbocycles. The first-order valence-electron chi connectivity index (χ1n) is 6.21. The molecule has 0 spiro atoms. The van der Waals surface area contributed by atoms with Gasteiger partial charge in [-0.15, -0.1) is 0 Å². The molecule has 3 rings (SSSR count). The molecule has 1 aromatic heterocycles. The number of benzene rings is 1. The van der Waals surface area contributed by atoms with Crippen LogP contribution in [0.2, 0.25) is 5.28 Å². The number of halogens is 2. The molecular weight excluding hydrogens is 269 g/mol. The van der Waals surface area contributed by atoms with Crippen molar-refractivity contribution >= 4 is 22.5 Å². The highest BCUT2D eigenvalue weighted by Crippen LogP contribution is 2.16. The van der Waals surface area contributed by atoms with Gasteiger partial charge in [0.1, 0.15) is 5.82 Å². The smallest absolute Gasteiger partial charge is 0.262 e. The molecule has 1 fully saturated rings. The molecule has 1 saturated heterocycles. The zero-order valence-electron chi connectivity index (χ0n) is 10.2. The molecule has 19 heavy (non-hydrogen) atoms. The lowest BCUT2D eigenvalue weighted by atomic mass is 10.1. The monoisotopic (exact) mass is 281 g/mol.